The maximum absolute atomic E-state index is 5.99. The van der Waals surface area contributed by atoms with Crippen molar-refractivity contribution in [2.24, 2.45) is 0 Å². The van der Waals surface area contributed by atoms with Crippen LogP contribution in [0.1, 0.15) is 16.3 Å². The van der Waals surface area contributed by atoms with E-state index in [1.165, 1.54) is 15.8 Å². The first-order valence-electron chi connectivity index (χ1n) is 10.1. The summed E-state index contributed by atoms with van der Waals surface area (Å²) >= 11 is 1.78. The maximum Gasteiger partial charge on any atom is 0.146 e. The van der Waals surface area contributed by atoms with Gasteiger partial charge in [0.1, 0.15) is 16.5 Å². The minimum Gasteiger partial charge on any atom is -0.379 e. The first-order valence-corrected chi connectivity index (χ1v) is 10.9. The van der Waals surface area contributed by atoms with Crippen LogP contribution in [0.4, 0.5) is 5.82 Å². The molecule has 4 rings (SSSR count). The Labute approximate surface area is 171 Å². The summed E-state index contributed by atoms with van der Waals surface area (Å²) in [5, 5.41) is 1.22. The van der Waals surface area contributed by atoms with Gasteiger partial charge in [0.25, 0.3) is 0 Å². The minimum atomic E-state index is 0.205. The first-order chi connectivity index (χ1) is 13.5. The molecular formula is C20H31N5O2S. The maximum atomic E-state index is 5.99. The Bertz CT molecular complexity index is 819. The molecule has 4 heterocycles. The van der Waals surface area contributed by atoms with Crippen LogP contribution in [0.15, 0.2) is 0 Å². The van der Waals surface area contributed by atoms with Gasteiger partial charge >= 0.3 is 0 Å². The Morgan fingerprint density at radius 2 is 1.89 bits per heavy atom. The molecule has 2 aromatic heterocycles. The van der Waals surface area contributed by atoms with E-state index in [2.05, 4.69) is 42.6 Å². The molecule has 0 N–H and O–H groups in total. The van der Waals surface area contributed by atoms with Crippen molar-refractivity contribution >= 4 is 27.4 Å². The average Bonchev–Trinajstić information content (AvgIpc) is 2.95. The van der Waals surface area contributed by atoms with Gasteiger partial charge in [-0.1, -0.05) is 0 Å². The number of nitrogens with zero attached hydrogens (tertiary/aromatic N) is 5. The van der Waals surface area contributed by atoms with Crippen LogP contribution < -0.4 is 4.90 Å². The number of morpholine rings is 2. The molecule has 2 aliphatic rings. The molecule has 28 heavy (non-hydrogen) atoms. The van der Waals surface area contributed by atoms with E-state index in [1.807, 2.05) is 0 Å². The van der Waals surface area contributed by atoms with E-state index in [0.29, 0.717) is 0 Å². The summed E-state index contributed by atoms with van der Waals surface area (Å²) in [6.07, 6.45) is 0.205. The lowest BCUT2D eigenvalue weighted by atomic mass is 10.1. The van der Waals surface area contributed by atoms with E-state index in [4.69, 9.17) is 19.4 Å². The Morgan fingerprint density at radius 1 is 1.11 bits per heavy atom. The molecular weight excluding hydrogens is 374 g/mol. The smallest absolute Gasteiger partial charge is 0.146 e. The Balaban J connectivity index is 1.66. The number of hydrogen-bond acceptors (Lipinski definition) is 8. The third-order valence-electron chi connectivity index (χ3n) is 5.53. The molecule has 0 bridgehead atoms. The molecule has 8 heteroatoms. The molecule has 1 unspecified atom stereocenters. The van der Waals surface area contributed by atoms with Crippen LogP contribution >= 0.6 is 11.3 Å². The number of likely N-dealkylation sites (N-methyl/N-ethyl adjacent to an activating group) is 1. The summed E-state index contributed by atoms with van der Waals surface area (Å²) < 4.78 is 11.5. The van der Waals surface area contributed by atoms with Crippen molar-refractivity contribution < 1.29 is 9.47 Å². The summed E-state index contributed by atoms with van der Waals surface area (Å²) in [6, 6.07) is 0. The molecule has 0 aromatic carbocycles. The Kier molecular flexibility index (Phi) is 6.13. The second-order valence-electron chi connectivity index (χ2n) is 8.02. The second-order valence-corrected chi connectivity index (χ2v) is 9.22. The van der Waals surface area contributed by atoms with Crippen molar-refractivity contribution in [3.63, 3.8) is 0 Å². The monoisotopic (exact) mass is 405 g/mol. The van der Waals surface area contributed by atoms with Crippen molar-refractivity contribution in [3.8, 4) is 0 Å². The van der Waals surface area contributed by atoms with E-state index >= 15 is 0 Å². The molecule has 0 saturated carbocycles. The number of thiophene rings is 1. The van der Waals surface area contributed by atoms with Gasteiger partial charge in [-0.15, -0.1) is 11.3 Å². The van der Waals surface area contributed by atoms with Gasteiger partial charge in [0.15, 0.2) is 0 Å². The van der Waals surface area contributed by atoms with Gasteiger partial charge in [-0.25, -0.2) is 9.97 Å². The van der Waals surface area contributed by atoms with Gasteiger partial charge in [-0.05, 0) is 33.5 Å². The molecule has 2 saturated heterocycles. The van der Waals surface area contributed by atoms with Gasteiger partial charge in [-0.2, -0.15) is 0 Å². The number of anilines is 1. The topological polar surface area (TPSA) is 54.0 Å². The van der Waals surface area contributed by atoms with E-state index in [0.717, 1.165) is 75.6 Å². The molecule has 1 atom stereocenters. The zero-order valence-electron chi connectivity index (χ0n) is 17.4. The van der Waals surface area contributed by atoms with Crippen LogP contribution in [0.5, 0.6) is 0 Å². The fourth-order valence-electron chi connectivity index (χ4n) is 3.96. The summed E-state index contributed by atoms with van der Waals surface area (Å²) in [4.78, 5) is 19.4. The quantitative estimate of drug-likeness (QED) is 0.753. The van der Waals surface area contributed by atoms with Crippen LogP contribution in [0.2, 0.25) is 0 Å². The third-order valence-corrected chi connectivity index (χ3v) is 6.63. The Hall–Kier alpha value is -1.32. The molecule has 2 aliphatic heterocycles. The predicted octanol–water partition coefficient (Wildman–Crippen LogP) is 1.91. The van der Waals surface area contributed by atoms with Crippen LogP contribution in [0.25, 0.3) is 10.2 Å². The van der Waals surface area contributed by atoms with Crippen molar-refractivity contribution in [2.45, 2.75) is 26.5 Å². The lowest BCUT2D eigenvalue weighted by Crippen LogP contribution is -2.47. The van der Waals surface area contributed by atoms with Crippen molar-refractivity contribution in [1.29, 1.82) is 0 Å². The van der Waals surface area contributed by atoms with E-state index in [-0.39, 0.29) is 6.10 Å². The highest BCUT2D eigenvalue weighted by Gasteiger charge is 2.26. The van der Waals surface area contributed by atoms with Crippen molar-refractivity contribution in [2.75, 3.05) is 71.5 Å². The largest absolute Gasteiger partial charge is 0.379 e. The zero-order chi connectivity index (χ0) is 19.7. The van der Waals surface area contributed by atoms with Crippen LogP contribution in [0.3, 0.4) is 0 Å². The fraction of sp³-hybridized carbons (Fsp3) is 0.700. The van der Waals surface area contributed by atoms with Crippen LogP contribution in [-0.4, -0.2) is 92.5 Å². The number of aryl methyl sites for hydroxylation is 2. The van der Waals surface area contributed by atoms with E-state index in [1.54, 1.807) is 11.3 Å². The van der Waals surface area contributed by atoms with Crippen LogP contribution in [-0.2, 0) is 16.0 Å². The molecule has 0 radical (unpaired) electrons. The summed E-state index contributed by atoms with van der Waals surface area (Å²) in [5.74, 6) is 2.00. The van der Waals surface area contributed by atoms with Crippen LogP contribution in [0, 0.1) is 13.8 Å². The molecule has 154 valence electrons. The lowest BCUT2D eigenvalue weighted by molar-refractivity contribution is 0.0245. The highest BCUT2D eigenvalue weighted by atomic mass is 32.1. The molecule has 7 nitrogen and oxygen atoms in total. The summed E-state index contributed by atoms with van der Waals surface area (Å²) in [6.45, 7) is 12.1. The molecule has 2 fully saturated rings. The standard InChI is InChI=1S/C20H31N5O2S/c1-14-15(2)28-20-18(14)19(25-7-10-27-16(12-25)11-23(3)4)21-17(22-20)13-24-5-8-26-9-6-24/h16H,5-13H2,1-4H3. The number of aromatic nitrogens is 2. The van der Waals surface area contributed by atoms with E-state index < -0.39 is 0 Å². The van der Waals surface area contributed by atoms with E-state index in [9.17, 15) is 0 Å². The predicted molar refractivity (Wildman–Crippen MR) is 113 cm³/mol. The van der Waals surface area contributed by atoms with Gasteiger partial charge in [0, 0.05) is 37.6 Å². The van der Waals surface area contributed by atoms with Gasteiger partial charge in [0.2, 0.25) is 0 Å². The molecule has 0 amide bonds. The van der Waals surface area contributed by atoms with Gasteiger partial charge in [-0.3, -0.25) is 4.90 Å². The lowest BCUT2D eigenvalue weighted by Gasteiger charge is -2.35. The molecule has 0 aliphatic carbocycles. The zero-order valence-corrected chi connectivity index (χ0v) is 18.2. The van der Waals surface area contributed by atoms with Gasteiger partial charge in [0.05, 0.1) is 37.9 Å². The normalized spacial score (nSPS) is 21.8. The molecule has 2 aromatic rings. The highest BCUT2D eigenvalue weighted by molar-refractivity contribution is 7.18. The third kappa shape index (κ3) is 4.31. The van der Waals surface area contributed by atoms with Crippen molar-refractivity contribution in [3.05, 3.63) is 16.3 Å². The highest BCUT2D eigenvalue weighted by Crippen LogP contribution is 2.35. The first kappa shape index (κ1) is 20.0. The summed E-state index contributed by atoms with van der Waals surface area (Å²) in [5.41, 5.74) is 1.31. The SMILES string of the molecule is Cc1sc2nc(CN3CCOCC3)nc(N3CCOC(CN(C)C)C3)c2c1C. The van der Waals surface area contributed by atoms with Crippen molar-refractivity contribution in [1.82, 2.24) is 19.8 Å². The summed E-state index contributed by atoms with van der Waals surface area (Å²) in [7, 11) is 4.19. The fourth-order valence-corrected chi connectivity index (χ4v) is 5.00. The van der Waals surface area contributed by atoms with Gasteiger partial charge < -0.3 is 19.3 Å². The number of fused-ring (bicyclic) bond motifs is 1. The molecule has 0 spiro atoms. The number of rotatable bonds is 5. The minimum absolute atomic E-state index is 0.205. The Morgan fingerprint density at radius 3 is 2.64 bits per heavy atom. The number of hydrogen-bond donors (Lipinski definition) is 0. The number of ether oxygens (including phenoxy) is 2. The second kappa shape index (κ2) is 8.59. The average molecular weight is 406 g/mol.